The highest BCUT2D eigenvalue weighted by atomic mass is 16.5. The number of morpholine rings is 1. The second-order valence-electron chi connectivity index (χ2n) is 8.00. The van der Waals surface area contributed by atoms with Crippen molar-refractivity contribution in [2.45, 2.75) is 32.7 Å². The maximum Gasteiger partial charge on any atom is 0.191 e. The lowest BCUT2D eigenvalue weighted by Crippen LogP contribution is -2.44. The van der Waals surface area contributed by atoms with Gasteiger partial charge < -0.3 is 24.7 Å². The summed E-state index contributed by atoms with van der Waals surface area (Å²) in [7, 11) is 3.67. The molecule has 0 radical (unpaired) electrons. The molecule has 176 valence electrons. The molecule has 0 spiro atoms. The second kappa shape index (κ2) is 13.0. The Hall–Kier alpha value is -2.65. The molecule has 0 amide bonds. The van der Waals surface area contributed by atoms with Crippen molar-refractivity contribution in [3.63, 3.8) is 0 Å². The Kier molecular flexibility index (Phi) is 9.77. The van der Waals surface area contributed by atoms with Crippen molar-refractivity contribution < 1.29 is 9.47 Å². The molecule has 0 atom stereocenters. The van der Waals surface area contributed by atoms with Crippen LogP contribution in [0.1, 0.15) is 30.1 Å². The molecule has 2 aromatic rings. The summed E-state index contributed by atoms with van der Waals surface area (Å²) in [4.78, 5) is 7.15. The van der Waals surface area contributed by atoms with Crippen LogP contribution >= 0.6 is 0 Å². The highest BCUT2D eigenvalue weighted by Gasteiger charge is 2.10. The van der Waals surface area contributed by atoms with Gasteiger partial charge in [0.2, 0.25) is 0 Å². The molecule has 1 saturated heterocycles. The van der Waals surface area contributed by atoms with Gasteiger partial charge in [-0.15, -0.1) is 10.2 Å². The number of aliphatic imine (C=N–C) groups is 1. The molecule has 1 aliphatic rings. The molecule has 0 saturated carbocycles. The Labute approximate surface area is 191 Å². The summed E-state index contributed by atoms with van der Waals surface area (Å²) in [5, 5.41) is 15.3. The first-order valence-corrected chi connectivity index (χ1v) is 11.5. The molecule has 9 nitrogen and oxygen atoms in total. The zero-order chi connectivity index (χ0) is 22.6. The van der Waals surface area contributed by atoms with Crippen molar-refractivity contribution >= 4 is 5.96 Å². The van der Waals surface area contributed by atoms with Gasteiger partial charge in [0.05, 0.1) is 20.3 Å². The number of nitrogens with zero attached hydrogens (tertiary/aromatic N) is 5. The van der Waals surface area contributed by atoms with E-state index in [0.29, 0.717) is 6.54 Å². The minimum atomic E-state index is 0.496. The second-order valence-corrected chi connectivity index (χ2v) is 8.00. The maximum atomic E-state index is 5.43. The molecular formula is C23H37N7O2. The van der Waals surface area contributed by atoms with E-state index in [2.05, 4.69) is 37.9 Å². The first-order chi connectivity index (χ1) is 15.7. The predicted octanol–water partition coefficient (Wildman–Crippen LogP) is 1.52. The van der Waals surface area contributed by atoms with E-state index in [1.165, 1.54) is 5.56 Å². The van der Waals surface area contributed by atoms with Gasteiger partial charge in [0.15, 0.2) is 11.8 Å². The van der Waals surface area contributed by atoms with Crippen molar-refractivity contribution in [1.29, 1.82) is 0 Å². The number of methoxy groups -OCH3 is 1. The van der Waals surface area contributed by atoms with Crippen molar-refractivity contribution in [2.24, 2.45) is 12.0 Å². The first kappa shape index (κ1) is 24.0. The van der Waals surface area contributed by atoms with Crippen LogP contribution in [0.25, 0.3) is 0 Å². The van der Waals surface area contributed by atoms with Crippen LogP contribution in [-0.2, 0) is 24.8 Å². The number of ether oxygens (including phenoxy) is 2. The number of hydrogen-bond acceptors (Lipinski definition) is 6. The van der Waals surface area contributed by atoms with Gasteiger partial charge in [-0.25, -0.2) is 4.99 Å². The third kappa shape index (κ3) is 7.80. The molecule has 1 aromatic heterocycles. The standard InChI is InChI=1S/C23H37N7O2/c1-19-27-28-22(29(19)2)18-26-23(25-12-13-30-14-16-32-17-15-30)24-11-5-4-6-20-7-9-21(31-3)10-8-20/h7-10H,4-6,11-18H2,1-3H3,(H2,24,25,26). The summed E-state index contributed by atoms with van der Waals surface area (Å²) in [5.74, 6) is 3.47. The van der Waals surface area contributed by atoms with Gasteiger partial charge in [-0.05, 0) is 43.9 Å². The Morgan fingerprint density at radius 3 is 2.53 bits per heavy atom. The molecule has 9 heteroatoms. The molecule has 32 heavy (non-hydrogen) atoms. The summed E-state index contributed by atoms with van der Waals surface area (Å²) < 4.78 is 12.6. The van der Waals surface area contributed by atoms with Crippen LogP contribution in [0.5, 0.6) is 5.75 Å². The fraction of sp³-hybridized carbons (Fsp3) is 0.609. The number of guanidine groups is 1. The summed E-state index contributed by atoms with van der Waals surface area (Å²) in [6.45, 7) is 8.75. The van der Waals surface area contributed by atoms with E-state index in [1.54, 1.807) is 7.11 Å². The minimum absolute atomic E-state index is 0.496. The third-order valence-electron chi connectivity index (χ3n) is 5.73. The number of benzene rings is 1. The first-order valence-electron chi connectivity index (χ1n) is 11.5. The van der Waals surface area contributed by atoms with Gasteiger partial charge in [0.25, 0.3) is 0 Å². The highest BCUT2D eigenvalue weighted by molar-refractivity contribution is 5.79. The lowest BCUT2D eigenvalue weighted by Gasteiger charge is -2.26. The normalized spacial score (nSPS) is 15.0. The van der Waals surface area contributed by atoms with Gasteiger partial charge in [-0.1, -0.05) is 12.1 Å². The molecule has 2 N–H and O–H groups in total. The molecule has 0 aliphatic carbocycles. The largest absolute Gasteiger partial charge is 0.497 e. The number of unbranched alkanes of at least 4 members (excludes halogenated alkanes) is 1. The van der Waals surface area contributed by atoms with Crippen molar-refractivity contribution in [3.05, 3.63) is 41.5 Å². The number of aromatic nitrogens is 3. The molecule has 0 bridgehead atoms. The van der Waals surface area contributed by atoms with E-state index in [4.69, 9.17) is 14.5 Å². The zero-order valence-electron chi connectivity index (χ0n) is 19.6. The summed E-state index contributed by atoms with van der Waals surface area (Å²) in [6, 6.07) is 8.31. The topological polar surface area (TPSA) is 88.8 Å². The monoisotopic (exact) mass is 443 g/mol. The SMILES string of the molecule is COc1ccc(CCCCNC(=NCc2nnc(C)n2C)NCCN2CCOCC2)cc1. The zero-order valence-corrected chi connectivity index (χ0v) is 19.6. The quantitative estimate of drug-likeness (QED) is 0.309. The van der Waals surface area contributed by atoms with Crippen LogP contribution in [0.2, 0.25) is 0 Å². The summed E-state index contributed by atoms with van der Waals surface area (Å²) >= 11 is 0. The summed E-state index contributed by atoms with van der Waals surface area (Å²) in [6.07, 6.45) is 3.24. The highest BCUT2D eigenvalue weighted by Crippen LogP contribution is 2.13. The number of nitrogens with one attached hydrogen (secondary N) is 2. The predicted molar refractivity (Wildman–Crippen MR) is 126 cm³/mol. The van der Waals surface area contributed by atoms with Gasteiger partial charge in [0, 0.05) is 39.8 Å². The number of aryl methyl sites for hydroxylation is 2. The van der Waals surface area contributed by atoms with Crippen LogP contribution in [-0.4, -0.2) is 78.7 Å². The van der Waals surface area contributed by atoms with Gasteiger partial charge in [-0.3, -0.25) is 4.90 Å². The van der Waals surface area contributed by atoms with E-state index < -0.39 is 0 Å². The fourth-order valence-electron chi connectivity index (χ4n) is 3.52. The smallest absolute Gasteiger partial charge is 0.191 e. The molecule has 2 heterocycles. The molecular weight excluding hydrogens is 406 g/mol. The minimum Gasteiger partial charge on any atom is -0.497 e. The number of rotatable bonds is 11. The van der Waals surface area contributed by atoms with E-state index in [0.717, 1.165) is 88.6 Å². The lowest BCUT2D eigenvalue weighted by atomic mass is 10.1. The molecule has 0 unspecified atom stereocenters. The van der Waals surface area contributed by atoms with Gasteiger partial charge in [-0.2, -0.15) is 0 Å². The molecule has 1 aromatic carbocycles. The maximum absolute atomic E-state index is 5.43. The van der Waals surface area contributed by atoms with Gasteiger partial charge in [0.1, 0.15) is 18.1 Å². The number of hydrogen-bond donors (Lipinski definition) is 2. The average molecular weight is 444 g/mol. The summed E-state index contributed by atoms with van der Waals surface area (Å²) in [5.41, 5.74) is 1.33. The van der Waals surface area contributed by atoms with Crippen LogP contribution in [0, 0.1) is 6.92 Å². The van der Waals surface area contributed by atoms with E-state index in [9.17, 15) is 0 Å². The van der Waals surface area contributed by atoms with Crippen molar-refractivity contribution in [1.82, 2.24) is 30.3 Å². The molecule has 1 aliphatic heterocycles. The molecule has 1 fully saturated rings. The Bertz CT molecular complexity index is 829. The van der Waals surface area contributed by atoms with Crippen molar-refractivity contribution in [2.75, 3.05) is 53.0 Å². The van der Waals surface area contributed by atoms with Gasteiger partial charge >= 0.3 is 0 Å². The molecule has 3 rings (SSSR count). The van der Waals surface area contributed by atoms with E-state index >= 15 is 0 Å². The van der Waals surface area contributed by atoms with E-state index in [-0.39, 0.29) is 0 Å². The van der Waals surface area contributed by atoms with Crippen molar-refractivity contribution in [3.8, 4) is 5.75 Å². The van der Waals surface area contributed by atoms with Crippen LogP contribution in [0.15, 0.2) is 29.3 Å². The van der Waals surface area contributed by atoms with Crippen LogP contribution < -0.4 is 15.4 Å². The average Bonchev–Trinajstić information content (AvgIpc) is 3.15. The third-order valence-corrected chi connectivity index (χ3v) is 5.73. The Balaban J connectivity index is 1.44. The van der Waals surface area contributed by atoms with Crippen LogP contribution in [0.4, 0.5) is 0 Å². The van der Waals surface area contributed by atoms with Crippen LogP contribution in [0.3, 0.4) is 0 Å². The lowest BCUT2D eigenvalue weighted by molar-refractivity contribution is 0.0389. The Morgan fingerprint density at radius 1 is 1.09 bits per heavy atom. The fourth-order valence-corrected chi connectivity index (χ4v) is 3.52. The van der Waals surface area contributed by atoms with E-state index in [1.807, 2.05) is 30.7 Å². The Morgan fingerprint density at radius 2 is 1.84 bits per heavy atom.